The number of hydrogen-bond donors (Lipinski definition) is 0. The highest BCUT2D eigenvalue weighted by atomic mass is 35.5. The molecule has 0 aliphatic heterocycles. The van der Waals surface area contributed by atoms with Crippen molar-refractivity contribution in [2.24, 2.45) is 0 Å². The Morgan fingerprint density at radius 2 is 1.82 bits per heavy atom. The van der Waals surface area contributed by atoms with Gasteiger partial charge in [0.25, 0.3) is 0 Å². The first-order valence-electron chi connectivity index (χ1n) is 3.45. The second-order valence-corrected chi connectivity index (χ2v) is 3.08. The Hall–Kier alpha value is -0.710. The molecule has 0 saturated carbocycles. The molecule has 0 rings (SSSR count). The molecular weight excluding hydrogens is 156 g/mol. The predicted molar refractivity (Wildman–Crippen MR) is 51.7 cm³/mol. The maximum absolute atomic E-state index is 5.67. The number of halogens is 1. The van der Waals surface area contributed by atoms with Gasteiger partial charge in [-0.3, -0.25) is 0 Å². The normalized spacial score (nSPS) is 12.7. The molecule has 0 unspecified atom stereocenters. The first-order valence-corrected chi connectivity index (χ1v) is 3.83. The second kappa shape index (κ2) is 5.01. The van der Waals surface area contributed by atoms with Gasteiger partial charge < -0.3 is 0 Å². The molecule has 0 amide bonds. The van der Waals surface area contributed by atoms with Gasteiger partial charge in [0.05, 0.1) is 0 Å². The van der Waals surface area contributed by atoms with Gasteiger partial charge in [0.2, 0.25) is 0 Å². The van der Waals surface area contributed by atoms with Crippen molar-refractivity contribution in [1.82, 2.24) is 0 Å². The zero-order valence-electron chi connectivity index (χ0n) is 7.24. The van der Waals surface area contributed by atoms with Crippen LogP contribution >= 0.6 is 11.6 Å². The standard InChI is InChI=1S/C10H13Cl/c1-5-8(2)6-9(3)7-10(4)11/h6-7H,1H2,2-4H3/b9-6-,10-7+. The van der Waals surface area contributed by atoms with Gasteiger partial charge in [-0.15, -0.1) is 5.73 Å². The van der Waals surface area contributed by atoms with Crippen molar-refractivity contribution in [2.45, 2.75) is 20.8 Å². The van der Waals surface area contributed by atoms with E-state index in [0.717, 1.165) is 16.2 Å². The summed E-state index contributed by atoms with van der Waals surface area (Å²) < 4.78 is 0. The van der Waals surface area contributed by atoms with Crippen LogP contribution in [0.1, 0.15) is 20.8 Å². The minimum absolute atomic E-state index is 0.788. The van der Waals surface area contributed by atoms with Crippen LogP contribution in [0.4, 0.5) is 0 Å². The summed E-state index contributed by atoms with van der Waals surface area (Å²) in [5.41, 5.74) is 4.93. The van der Waals surface area contributed by atoms with E-state index in [2.05, 4.69) is 12.3 Å². The quantitative estimate of drug-likeness (QED) is 0.435. The molecule has 0 aromatic carbocycles. The zero-order valence-corrected chi connectivity index (χ0v) is 8.00. The Kier molecular flexibility index (Phi) is 4.69. The molecule has 0 radical (unpaired) electrons. The zero-order chi connectivity index (χ0) is 8.85. The summed E-state index contributed by atoms with van der Waals surface area (Å²) in [6, 6.07) is 0. The van der Waals surface area contributed by atoms with Crippen LogP contribution in [0.3, 0.4) is 0 Å². The average Bonchev–Trinajstić information content (AvgIpc) is 1.85. The van der Waals surface area contributed by atoms with Crippen molar-refractivity contribution < 1.29 is 0 Å². The van der Waals surface area contributed by atoms with E-state index in [0.29, 0.717) is 0 Å². The van der Waals surface area contributed by atoms with Crippen molar-refractivity contribution in [1.29, 1.82) is 0 Å². The lowest BCUT2D eigenvalue weighted by molar-refractivity contribution is 1.43. The number of rotatable bonds is 2. The smallest absolute Gasteiger partial charge is 0.0152 e. The van der Waals surface area contributed by atoms with E-state index < -0.39 is 0 Å². The molecule has 60 valence electrons. The van der Waals surface area contributed by atoms with Crippen molar-refractivity contribution in [3.63, 3.8) is 0 Å². The van der Waals surface area contributed by atoms with E-state index in [1.54, 1.807) is 0 Å². The molecule has 0 fully saturated rings. The summed E-state index contributed by atoms with van der Waals surface area (Å²) in [6.07, 6.45) is 3.89. The molecule has 0 nitrogen and oxygen atoms in total. The number of allylic oxidation sites excluding steroid dienone is 5. The van der Waals surface area contributed by atoms with E-state index >= 15 is 0 Å². The van der Waals surface area contributed by atoms with Crippen molar-refractivity contribution in [2.75, 3.05) is 0 Å². The molecule has 1 heteroatoms. The SMILES string of the molecule is C=C=C(C)/C=C(C)\C=C(/C)Cl. The van der Waals surface area contributed by atoms with Crippen LogP contribution in [0.2, 0.25) is 0 Å². The van der Waals surface area contributed by atoms with Crippen LogP contribution in [0.5, 0.6) is 0 Å². The van der Waals surface area contributed by atoms with Crippen LogP contribution in [-0.2, 0) is 0 Å². The third-order valence-electron chi connectivity index (χ3n) is 1.15. The predicted octanol–water partition coefficient (Wildman–Crippen LogP) is 3.81. The molecule has 0 aliphatic carbocycles. The molecule has 0 atom stereocenters. The van der Waals surface area contributed by atoms with Crippen molar-refractivity contribution >= 4 is 11.6 Å². The van der Waals surface area contributed by atoms with Crippen molar-refractivity contribution in [3.05, 3.63) is 40.6 Å². The molecule has 11 heavy (non-hydrogen) atoms. The topological polar surface area (TPSA) is 0 Å². The highest BCUT2D eigenvalue weighted by Crippen LogP contribution is 2.07. The van der Waals surface area contributed by atoms with E-state index in [4.69, 9.17) is 11.6 Å². The number of hydrogen-bond acceptors (Lipinski definition) is 0. The lowest BCUT2D eigenvalue weighted by Crippen LogP contribution is -1.71. The van der Waals surface area contributed by atoms with Gasteiger partial charge in [-0.2, -0.15) is 0 Å². The lowest BCUT2D eigenvalue weighted by atomic mass is 10.2. The van der Waals surface area contributed by atoms with Crippen LogP contribution < -0.4 is 0 Å². The van der Waals surface area contributed by atoms with Crippen LogP contribution in [-0.4, -0.2) is 0 Å². The van der Waals surface area contributed by atoms with Gasteiger partial charge in [-0.1, -0.05) is 18.2 Å². The Morgan fingerprint density at radius 1 is 1.27 bits per heavy atom. The summed E-state index contributed by atoms with van der Waals surface area (Å²) in [5, 5.41) is 0.788. The molecule has 0 bridgehead atoms. The highest BCUT2D eigenvalue weighted by molar-refractivity contribution is 6.29. The van der Waals surface area contributed by atoms with Gasteiger partial charge >= 0.3 is 0 Å². The molecule has 0 aromatic rings. The van der Waals surface area contributed by atoms with Crippen molar-refractivity contribution in [3.8, 4) is 0 Å². The van der Waals surface area contributed by atoms with Gasteiger partial charge in [0.15, 0.2) is 0 Å². The second-order valence-electron chi connectivity index (χ2n) is 2.48. The molecule has 0 aromatic heterocycles. The van der Waals surface area contributed by atoms with E-state index in [1.165, 1.54) is 0 Å². The molecule has 0 spiro atoms. The monoisotopic (exact) mass is 168 g/mol. The van der Waals surface area contributed by atoms with Crippen LogP contribution in [0, 0.1) is 0 Å². The third kappa shape index (κ3) is 5.72. The Labute approximate surface area is 73.6 Å². The fourth-order valence-electron chi connectivity index (χ4n) is 0.748. The Morgan fingerprint density at radius 3 is 2.18 bits per heavy atom. The van der Waals surface area contributed by atoms with Crippen LogP contribution in [0.25, 0.3) is 0 Å². The minimum Gasteiger partial charge on any atom is -0.125 e. The summed E-state index contributed by atoms with van der Waals surface area (Å²) in [5.74, 6) is 0. The van der Waals surface area contributed by atoms with E-state index in [-0.39, 0.29) is 0 Å². The molecule has 0 heterocycles. The van der Waals surface area contributed by atoms with E-state index in [9.17, 15) is 0 Å². The van der Waals surface area contributed by atoms with Crippen LogP contribution in [0.15, 0.2) is 40.6 Å². The van der Waals surface area contributed by atoms with Gasteiger partial charge in [-0.05, 0) is 44.1 Å². The summed E-state index contributed by atoms with van der Waals surface area (Å²) >= 11 is 5.67. The van der Waals surface area contributed by atoms with Gasteiger partial charge in [0.1, 0.15) is 0 Å². The van der Waals surface area contributed by atoms with Gasteiger partial charge in [0, 0.05) is 5.03 Å². The maximum atomic E-state index is 5.67. The average molecular weight is 169 g/mol. The summed E-state index contributed by atoms with van der Waals surface area (Å²) in [7, 11) is 0. The molecule has 0 saturated heterocycles. The Balaban J connectivity index is 4.48. The lowest BCUT2D eigenvalue weighted by Gasteiger charge is -1.91. The summed E-state index contributed by atoms with van der Waals surface area (Å²) in [4.78, 5) is 0. The fourth-order valence-corrected chi connectivity index (χ4v) is 0.920. The van der Waals surface area contributed by atoms with E-state index in [1.807, 2.05) is 32.9 Å². The third-order valence-corrected chi connectivity index (χ3v) is 1.26. The fraction of sp³-hybridized carbons (Fsp3) is 0.300. The summed E-state index contributed by atoms with van der Waals surface area (Å²) in [6.45, 7) is 9.33. The minimum atomic E-state index is 0.788. The Bertz CT molecular complexity index is 234. The first-order chi connectivity index (χ1) is 5.06. The first kappa shape index (κ1) is 10.3. The molecule has 0 aliphatic rings. The van der Waals surface area contributed by atoms with Gasteiger partial charge in [-0.25, -0.2) is 0 Å². The maximum Gasteiger partial charge on any atom is 0.0152 e. The largest absolute Gasteiger partial charge is 0.125 e. The molecule has 0 N–H and O–H groups in total. The molecular formula is C10H13Cl. The highest BCUT2D eigenvalue weighted by Gasteiger charge is 1.85.